The molecule has 8 nitrogen and oxygen atoms in total. The second-order valence-corrected chi connectivity index (χ2v) is 2.45. The molecule has 0 radical (unpaired) electrons. The Hall–Kier alpha value is -2.26. The van der Waals surface area contributed by atoms with E-state index in [2.05, 4.69) is 0 Å². The zero-order chi connectivity index (χ0) is 11.6. The minimum atomic E-state index is -2.43. The lowest BCUT2D eigenvalue weighted by Crippen LogP contribution is -2.21. The smallest absolute Gasteiger partial charge is 0.351 e. The molecule has 0 aliphatic carbocycles. The van der Waals surface area contributed by atoms with E-state index < -0.39 is 32.7 Å². The SMILES string of the molecule is O=[N+]([O-])C(c1[nH]ccc1N(F)F)[N+](=O)[O-]. The molecule has 1 aromatic rings. The van der Waals surface area contributed by atoms with Gasteiger partial charge in [-0.3, -0.25) is 20.2 Å². The molecule has 0 aromatic carbocycles. The van der Waals surface area contributed by atoms with Gasteiger partial charge in [0.15, 0.2) is 5.69 Å². The first kappa shape index (κ1) is 10.8. The molecule has 1 rings (SSSR count). The number of halogens is 2. The molecule has 15 heavy (non-hydrogen) atoms. The summed E-state index contributed by atoms with van der Waals surface area (Å²) >= 11 is 0. The summed E-state index contributed by atoms with van der Waals surface area (Å²) in [5.41, 5.74) is -1.66. The molecule has 0 fully saturated rings. The third-order valence-electron chi connectivity index (χ3n) is 1.60. The number of anilines is 1. The predicted octanol–water partition coefficient (Wildman–Crippen LogP) is 1.14. The van der Waals surface area contributed by atoms with Gasteiger partial charge in [0, 0.05) is 6.20 Å². The minimum absolute atomic E-state index is 0.769. The maximum Gasteiger partial charge on any atom is 0.493 e. The Balaban J connectivity index is 3.17. The molecule has 1 aromatic heterocycles. The van der Waals surface area contributed by atoms with Crippen molar-refractivity contribution in [3.63, 3.8) is 0 Å². The van der Waals surface area contributed by atoms with Crippen molar-refractivity contribution in [3.8, 4) is 0 Å². The first-order valence-electron chi connectivity index (χ1n) is 3.51. The van der Waals surface area contributed by atoms with Crippen LogP contribution >= 0.6 is 0 Å². The normalized spacial score (nSPS) is 10.3. The number of hydrogen-bond acceptors (Lipinski definition) is 5. The van der Waals surface area contributed by atoms with Crippen LogP contribution in [-0.2, 0) is 0 Å². The van der Waals surface area contributed by atoms with Gasteiger partial charge in [-0.15, -0.1) is 0 Å². The topological polar surface area (TPSA) is 105 Å². The van der Waals surface area contributed by atoms with Gasteiger partial charge in [-0.1, -0.05) is 8.96 Å². The van der Waals surface area contributed by atoms with Gasteiger partial charge < -0.3 is 4.98 Å². The maximum absolute atomic E-state index is 12.1. The van der Waals surface area contributed by atoms with Crippen LogP contribution < -0.4 is 5.34 Å². The predicted molar refractivity (Wildman–Crippen MR) is 42.2 cm³/mol. The second kappa shape index (κ2) is 3.86. The van der Waals surface area contributed by atoms with E-state index in [1.54, 1.807) is 0 Å². The standard InChI is InChI=1S/C5H4F2N4O4/c6-9(7)3-1-2-8-4(3)5(10(12)13)11(14)15/h1-2,5,8H. The van der Waals surface area contributed by atoms with Crippen LogP contribution in [0.1, 0.15) is 11.9 Å². The molecule has 10 heteroatoms. The third kappa shape index (κ3) is 1.98. The summed E-state index contributed by atoms with van der Waals surface area (Å²) in [6, 6.07) is 0.801. The van der Waals surface area contributed by atoms with Crippen molar-refractivity contribution in [1.82, 2.24) is 4.98 Å². The summed E-state index contributed by atoms with van der Waals surface area (Å²) in [5.74, 6) is 0. The van der Waals surface area contributed by atoms with Gasteiger partial charge in [0.2, 0.25) is 0 Å². The van der Waals surface area contributed by atoms with Gasteiger partial charge in [0.25, 0.3) is 0 Å². The summed E-state index contributed by atoms with van der Waals surface area (Å²) < 4.78 is 24.2. The summed E-state index contributed by atoms with van der Waals surface area (Å²) in [6.45, 7) is 0. The van der Waals surface area contributed by atoms with E-state index in [1.165, 1.54) is 0 Å². The molecular formula is C5H4F2N4O4. The van der Waals surface area contributed by atoms with Gasteiger partial charge in [0.1, 0.15) is 15.5 Å². The highest BCUT2D eigenvalue weighted by molar-refractivity contribution is 5.47. The summed E-state index contributed by atoms with van der Waals surface area (Å²) in [7, 11) is 0. The van der Waals surface area contributed by atoms with Crippen LogP contribution in [0.2, 0.25) is 0 Å². The number of hydrogen-bond donors (Lipinski definition) is 1. The molecule has 0 atom stereocenters. The van der Waals surface area contributed by atoms with Crippen LogP contribution in [0.5, 0.6) is 0 Å². The van der Waals surface area contributed by atoms with E-state index in [0.717, 1.165) is 12.3 Å². The molecule has 0 bridgehead atoms. The summed E-state index contributed by atoms with van der Waals surface area (Å²) in [5, 5.41) is 19.2. The Morgan fingerprint density at radius 2 is 1.87 bits per heavy atom. The quantitative estimate of drug-likeness (QED) is 0.356. The molecule has 0 unspecified atom stereocenters. The number of nitrogens with one attached hydrogen (secondary N) is 1. The zero-order valence-electron chi connectivity index (χ0n) is 6.96. The van der Waals surface area contributed by atoms with Crippen LogP contribution in [0, 0.1) is 20.2 Å². The fraction of sp³-hybridized carbons (Fsp3) is 0.200. The molecule has 1 N–H and O–H groups in total. The Bertz CT molecular complexity index is 378. The fourth-order valence-electron chi connectivity index (χ4n) is 1.02. The van der Waals surface area contributed by atoms with Crippen molar-refractivity contribution in [2.24, 2.45) is 0 Å². The van der Waals surface area contributed by atoms with Crippen LogP contribution in [0.3, 0.4) is 0 Å². The lowest BCUT2D eigenvalue weighted by atomic mass is 10.3. The van der Waals surface area contributed by atoms with Crippen molar-refractivity contribution in [2.75, 3.05) is 5.34 Å². The largest absolute Gasteiger partial charge is 0.493 e. The molecule has 1 heterocycles. The highest BCUT2D eigenvalue weighted by Gasteiger charge is 2.40. The van der Waals surface area contributed by atoms with E-state index in [1.807, 2.05) is 4.98 Å². The average molecular weight is 222 g/mol. The number of aromatic amines is 1. The Morgan fingerprint density at radius 3 is 2.27 bits per heavy atom. The highest BCUT2D eigenvalue weighted by atomic mass is 19.4. The first-order valence-corrected chi connectivity index (χ1v) is 3.51. The monoisotopic (exact) mass is 222 g/mol. The Kier molecular flexibility index (Phi) is 2.78. The van der Waals surface area contributed by atoms with Crippen LogP contribution in [0.4, 0.5) is 14.6 Å². The lowest BCUT2D eigenvalue weighted by molar-refractivity contribution is -0.753. The lowest BCUT2D eigenvalue weighted by Gasteiger charge is -2.03. The van der Waals surface area contributed by atoms with Crippen LogP contribution in [0.15, 0.2) is 12.3 Å². The molecule has 0 spiro atoms. The summed E-state index contributed by atoms with van der Waals surface area (Å²) in [4.78, 5) is 20.1. The van der Waals surface area contributed by atoms with Gasteiger partial charge in [-0.2, -0.15) is 0 Å². The average Bonchev–Trinajstić information content (AvgIpc) is 2.51. The molecule has 0 amide bonds. The molecular weight excluding hydrogens is 218 g/mol. The van der Waals surface area contributed by atoms with Crippen molar-refractivity contribution in [3.05, 3.63) is 38.2 Å². The van der Waals surface area contributed by atoms with E-state index in [9.17, 15) is 29.2 Å². The van der Waals surface area contributed by atoms with Crippen LogP contribution in [-0.4, -0.2) is 14.8 Å². The fourth-order valence-corrected chi connectivity index (χ4v) is 1.02. The van der Waals surface area contributed by atoms with Gasteiger partial charge in [0.05, 0.1) is 0 Å². The Labute approximate surface area is 80.3 Å². The molecule has 82 valence electrons. The van der Waals surface area contributed by atoms with Gasteiger partial charge >= 0.3 is 6.17 Å². The van der Waals surface area contributed by atoms with Crippen molar-refractivity contribution < 1.29 is 18.8 Å². The Morgan fingerprint density at radius 1 is 1.33 bits per heavy atom. The van der Waals surface area contributed by atoms with Crippen LogP contribution in [0.25, 0.3) is 0 Å². The summed E-state index contributed by atoms with van der Waals surface area (Å²) in [6.07, 6.45) is -1.47. The van der Waals surface area contributed by atoms with Gasteiger partial charge in [-0.05, 0) is 11.4 Å². The number of rotatable bonds is 4. The molecule has 0 aliphatic heterocycles. The van der Waals surface area contributed by atoms with Gasteiger partial charge in [-0.25, -0.2) is 0 Å². The van der Waals surface area contributed by atoms with Crippen molar-refractivity contribution >= 4 is 5.69 Å². The first-order chi connectivity index (χ1) is 6.95. The highest BCUT2D eigenvalue weighted by Crippen LogP contribution is 2.27. The molecule has 0 aliphatic rings. The minimum Gasteiger partial charge on any atom is -0.351 e. The number of aromatic nitrogens is 1. The van der Waals surface area contributed by atoms with E-state index in [4.69, 9.17) is 0 Å². The third-order valence-corrected chi connectivity index (χ3v) is 1.60. The number of nitrogens with zero attached hydrogens (tertiary/aromatic N) is 3. The van der Waals surface area contributed by atoms with Crippen molar-refractivity contribution in [2.45, 2.75) is 6.17 Å². The van der Waals surface area contributed by atoms with E-state index in [0.29, 0.717) is 0 Å². The second-order valence-electron chi connectivity index (χ2n) is 2.45. The molecule has 0 saturated carbocycles. The number of nitro groups is 2. The van der Waals surface area contributed by atoms with E-state index in [-0.39, 0.29) is 0 Å². The zero-order valence-corrected chi connectivity index (χ0v) is 6.96. The molecule has 0 saturated heterocycles. The van der Waals surface area contributed by atoms with E-state index >= 15 is 0 Å². The maximum atomic E-state index is 12.1. The number of H-pyrrole nitrogens is 1. The van der Waals surface area contributed by atoms with Crippen molar-refractivity contribution in [1.29, 1.82) is 0 Å².